The Bertz CT molecular complexity index is 1050. The molecule has 0 bridgehead atoms. The summed E-state index contributed by atoms with van der Waals surface area (Å²) in [5, 5.41) is 14.4. The van der Waals surface area contributed by atoms with E-state index in [1.165, 1.54) is 17.8 Å². The number of carbonyl (C=O) groups is 3. The number of rotatable bonds is 7. The van der Waals surface area contributed by atoms with E-state index in [1.807, 2.05) is 0 Å². The number of nitrogens with one attached hydrogen (secondary N) is 1. The SMILES string of the molecule is O=C(O)Cc1csc(NC(=O)[C@H](CC2CCCCC2)N2Cc3cc(Cl)c(Cl)cc3C2=O)n1. The van der Waals surface area contributed by atoms with E-state index in [0.29, 0.717) is 38.8 Å². The second-order valence-corrected chi connectivity index (χ2v) is 9.99. The number of carbonyl (C=O) groups excluding carboxylic acids is 2. The normalized spacial score (nSPS) is 17.3. The van der Waals surface area contributed by atoms with Crippen molar-refractivity contribution < 1.29 is 19.5 Å². The van der Waals surface area contributed by atoms with Gasteiger partial charge in [0, 0.05) is 17.5 Å². The van der Waals surface area contributed by atoms with E-state index in [9.17, 15) is 14.4 Å². The standard InChI is InChI=1S/C22H23Cl2N3O4S/c23-16-7-13-10-27(21(31)15(13)9-17(16)24)18(6-12-4-2-1-3-5-12)20(30)26-22-25-14(11-32-22)8-19(28)29/h7,9,11-12,18H,1-6,8,10H2,(H,28,29)(H,25,26,30)/t18-/m0/s1. The molecule has 2 aliphatic rings. The highest BCUT2D eigenvalue weighted by Crippen LogP contribution is 2.35. The number of thiazole rings is 1. The first kappa shape index (κ1) is 23.0. The smallest absolute Gasteiger partial charge is 0.309 e. The molecule has 2 amide bonds. The Morgan fingerprint density at radius 1 is 1.22 bits per heavy atom. The molecule has 1 saturated carbocycles. The molecular weight excluding hydrogens is 473 g/mol. The molecule has 32 heavy (non-hydrogen) atoms. The maximum Gasteiger partial charge on any atom is 0.309 e. The molecule has 2 heterocycles. The van der Waals surface area contributed by atoms with E-state index in [4.69, 9.17) is 28.3 Å². The molecule has 0 spiro atoms. The van der Waals surface area contributed by atoms with Crippen LogP contribution in [0.1, 0.15) is 60.1 Å². The Balaban J connectivity index is 1.56. The van der Waals surface area contributed by atoms with Crippen LogP contribution >= 0.6 is 34.5 Å². The average Bonchev–Trinajstić information content (AvgIpc) is 3.31. The number of halogens is 2. The highest BCUT2D eigenvalue weighted by molar-refractivity contribution is 7.13. The number of aromatic nitrogens is 1. The van der Waals surface area contributed by atoms with Crippen molar-refractivity contribution in [3.63, 3.8) is 0 Å². The summed E-state index contributed by atoms with van der Waals surface area (Å²) < 4.78 is 0. The van der Waals surface area contributed by atoms with Gasteiger partial charge in [0.1, 0.15) is 6.04 Å². The monoisotopic (exact) mass is 495 g/mol. The van der Waals surface area contributed by atoms with Gasteiger partial charge in [-0.15, -0.1) is 11.3 Å². The minimum Gasteiger partial charge on any atom is -0.481 e. The summed E-state index contributed by atoms with van der Waals surface area (Å²) >= 11 is 13.4. The van der Waals surface area contributed by atoms with Crippen LogP contribution < -0.4 is 5.32 Å². The Hall–Kier alpha value is -2.16. The lowest BCUT2D eigenvalue weighted by Crippen LogP contribution is -2.45. The number of carboxylic acids is 1. The fourth-order valence-corrected chi connectivity index (χ4v) is 5.55. The number of carboxylic acid groups (broad SMARTS) is 1. The molecule has 4 rings (SSSR count). The molecule has 1 aliphatic heterocycles. The molecule has 1 fully saturated rings. The van der Waals surface area contributed by atoms with Gasteiger partial charge >= 0.3 is 5.97 Å². The third-order valence-corrected chi connectivity index (χ3v) is 7.58. The highest BCUT2D eigenvalue weighted by Gasteiger charge is 2.38. The largest absolute Gasteiger partial charge is 0.481 e. The Morgan fingerprint density at radius 2 is 1.94 bits per heavy atom. The van der Waals surface area contributed by atoms with E-state index in [0.717, 1.165) is 31.2 Å². The van der Waals surface area contributed by atoms with Gasteiger partial charge in [0.2, 0.25) is 5.91 Å². The van der Waals surface area contributed by atoms with Crippen LogP contribution in [-0.2, 0) is 22.6 Å². The molecular formula is C22H23Cl2N3O4S. The van der Waals surface area contributed by atoms with Gasteiger partial charge in [-0.2, -0.15) is 0 Å². The lowest BCUT2D eigenvalue weighted by atomic mass is 9.84. The summed E-state index contributed by atoms with van der Waals surface area (Å²) in [6, 6.07) is 2.59. The molecule has 1 aromatic carbocycles. The Labute approximate surface area is 199 Å². The number of anilines is 1. The molecule has 1 aromatic heterocycles. The van der Waals surface area contributed by atoms with Crippen molar-refractivity contribution in [2.75, 3.05) is 5.32 Å². The summed E-state index contributed by atoms with van der Waals surface area (Å²) in [4.78, 5) is 43.2. The van der Waals surface area contributed by atoms with Crippen molar-refractivity contribution in [1.82, 2.24) is 9.88 Å². The fraction of sp³-hybridized carbons (Fsp3) is 0.455. The van der Waals surface area contributed by atoms with Gasteiger partial charge in [-0.25, -0.2) is 4.98 Å². The zero-order valence-corrected chi connectivity index (χ0v) is 19.6. The van der Waals surface area contributed by atoms with E-state index in [2.05, 4.69) is 10.3 Å². The quantitative estimate of drug-likeness (QED) is 0.562. The van der Waals surface area contributed by atoms with Gasteiger partial charge in [0.15, 0.2) is 5.13 Å². The predicted molar refractivity (Wildman–Crippen MR) is 123 cm³/mol. The maximum atomic E-state index is 13.3. The molecule has 0 unspecified atom stereocenters. The zero-order valence-electron chi connectivity index (χ0n) is 17.3. The molecule has 1 atom stereocenters. The van der Waals surface area contributed by atoms with Crippen molar-refractivity contribution in [1.29, 1.82) is 0 Å². The molecule has 1 aliphatic carbocycles. The summed E-state index contributed by atoms with van der Waals surface area (Å²) in [6.45, 7) is 0.290. The van der Waals surface area contributed by atoms with Crippen LogP contribution in [0.5, 0.6) is 0 Å². The van der Waals surface area contributed by atoms with Gasteiger partial charge in [-0.3, -0.25) is 14.4 Å². The number of nitrogens with zero attached hydrogens (tertiary/aromatic N) is 2. The maximum absolute atomic E-state index is 13.3. The van der Waals surface area contributed by atoms with Gasteiger partial charge in [-0.05, 0) is 30.0 Å². The Kier molecular flexibility index (Phi) is 7.02. The summed E-state index contributed by atoms with van der Waals surface area (Å²) in [7, 11) is 0. The number of hydrogen-bond acceptors (Lipinski definition) is 5. The first-order valence-corrected chi connectivity index (χ1v) is 12.2. The minimum absolute atomic E-state index is 0.209. The summed E-state index contributed by atoms with van der Waals surface area (Å²) in [5.41, 5.74) is 1.61. The van der Waals surface area contributed by atoms with Crippen LogP contribution in [0, 0.1) is 5.92 Å². The second-order valence-electron chi connectivity index (χ2n) is 8.32. The van der Waals surface area contributed by atoms with Crippen molar-refractivity contribution in [3.05, 3.63) is 44.4 Å². The molecule has 0 radical (unpaired) electrons. The molecule has 2 aromatic rings. The number of aliphatic carboxylic acids is 1. The summed E-state index contributed by atoms with van der Waals surface area (Å²) in [6.07, 6.45) is 5.89. The second kappa shape index (κ2) is 9.77. The first-order valence-electron chi connectivity index (χ1n) is 10.6. The fourth-order valence-electron chi connectivity index (χ4n) is 4.48. The van der Waals surface area contributed by atoms with Crippen LogP contribution in [0.4, 0.5) is 5.13 Å². The number of fused-ring (bicyclic) bond motifs is 1. The number of benzene rings is 1. The topological polar surface area (TPSA) is 99.6 Å². The van der Waals surface area contributed by atoms with Crippen molar-refractivity contribution in [2.45, 2.75) is 57.5 Å². The average molecular weight is 496 g/mol. The Morgan fingerprint density at radius 3 is 2.66 bits per heavy atom. The predicted octanol–water partition coefficient (Wildman–Crippen LogP) is 5.01. The van der Waals surface area contributed by atoms with Gasteiger partial charge in [-0.1, -0.05) is 55.3 Å². The minimum atomic E-state index is -0.985. The van der Waals surface area contributed by atoms with Crippen LogP contribution in [0.2, 0.25) is 10.0 Å². The zero-order chi connectivity index (χ0) is 22.8. The van der Waals surface area contributed by atoms with Gasteiger partial charge in [0.05, 0.1) is 22.2 Å². The lowest BCUT2D eigenvalue weighted by molar-refractivity contribution is -0.136. The molecule has 2 N–H and O–H groups in total. The highest BCUT2D eigenvalue weighted by atomic mass is 35.5. The van der Waals surface area contributed by atoms with E-state index in [-0.39, 0.29) is 24.8 Å². The third kappa shape index (κ3) is 5.08. The molecule has 170 valence electrons. The third-order valence-electron chi connectivity index (χ3n) is 6.05. The first-order chi connectivity index (χ1) is 15.3. The number of hydrogen-bond donors (Lipinski definition) is 2. The lowest BCUT2D eigenvalue weighted by Gasteiger charge is -2.31. The van der Waals surface area contributed by atoms with E-state index in [1.54, 1.807) is 22.4 Å². The van der Waals surface area contributed by atoms with Crippen LogP contribution in [-0.4, -0.2) is 38.8 Å². The molecule has 7 nitrogen and oxygen atoms in total. The van der Waals surface area contributed by atoms with Gasteiger partial charge in [0.25, 0.3) is 5.91 Å². The van der Waals surface area contributed by atoms with Gasteiger partial charge < -0.3 is 15.3 Å². The van der Waals surface area contributed by atoms with Crippen LogP contribution in [0.25, 0.3) is 0 Å². The van der Waals surface area contributed by atoms with Crippen molar-refractivity contribution in [2.24, 2.45) is 5.92 Å². The molecule has 0 saturated heterocycles. The van der Waals surface area contributed by atoms with E-state index < -0.39 is 12.0 Å². The van der Waals surface area contributed by atoms with Crippen molar-refractivity contribution >= 4 is 57.5 Å². The summed E-state index contributed by atoms with van der Waals surface area (Å²) in [5.74, 6) is -1.17. The van der Waals surface area contributed by atoms with Crippen molar-refractivity contribution in [3.8, 4) is 0 Å². The number of amides is 2. The molecule has 10 heteroatoms. The van der Waals surface area contributed by atoms with E-state index >= 15 is 0 Å². The van der Waals surface area contributed by atoms with Crippen LogP contribution in [0.3, 0.4) is 0 Å². The van der Waals surface area contributed by atoms with Crippen LogP contribution in [0.15, 0.2) is 17.5 Å².